The number of rotatable bonds is 9. The Morgan fingerprint density at radius 3 is 1.87 bits per heavy atom. The lowest BCUT2D eigenvalue weighted by atomic mass is 10.2. The van der Waals surface area contributed by atoms with Crippen LogP contribution in [0, 0.1) is 10.1 Å². The van der Waals surface area contributed by atoms with Crippen molar-refractivity contribution < 1.29 is 9.72 Å². The van der Waals surface area contributed by atoms with Crippen molar-refractivity contribution in [1.82, 2.24) is 20.0 Å². The molecule has 1 aliphatic heterocycles. The summed E-state index contributed by atoms with van der Waals surface area (Å²) in [6.07, 6.45) is 1.54. The van der Waals surface area contributed by atoms with Gasteiger partial charge >= 0.3 is 0 Å². The number of nitro benzene ring substituents is 1. The molecule has 1 amide bonds. The molecule has 3 N–H and O–H groups in total. The van der Waals surface area contributed by atoms with E-state index < -0.39 is 10.8 Å². The fourth-order valence-electron chi connectivity index (χ4n) is 4.28. The van der Waals surface area contributed by atoms with E-state index in [1.54, 1.807) is 78.9 Å². The number of halogens is 2. The van der Waals surface area contributed by atoms with Crippen LogP contribution < -0.4 is 16.1 Å². The normalized spacial score (nSPS) is 13.5. The molecule has 0 saturated carbocycles. The highest BCUT2D eigenvalue weighted by molar-refractivity contribution is 6.31. The van der Waals surface area contributed by atoms with Gasteiger partial charge in [0.1, 0.15) is 5.70 Å². The predicted molar refractivity (Wildman–Crippen MR) is 174 cm³/mol. The van der Waals surface area contributed by atoms with E-state index in [-0.39, 0.29) is 29.2 Å². The molecule has 2 heterocycles. The van der Waals surface area contributed by atoms with E-state index in [0.29, 0.717) is 38.4 Å². The molecular weight excluding hydrogens is 617 g/mol. The lowest BCUT2D eigenvalue weighted by Crippen LogP contribution is -2.38. The fraction of sp³-hybridized carbons (Fsp3) is 0. The Morgan fingerprint density at radius 2 is 1.31 bits per heavy atom. The molecule has 0 saturated heterocycles. The number of carbonyl (C=O) groups excluding carboxylic acids is 1. The molecule has 0 fully saturated rings. The van der Waals surface area contributed by atoms with Crippen molar-refractivity contribution in [3.63, 3.8) is 0 Å². The summed E-state index contributed by atoms with van der Waals surface area (Å²) in [5.74, 6) is 0.133. The van der Waals surface area contributed by atoms with Crippen LogP contribution in [-0.4, -0.2) is 36.6 Å². The number of amidine groups is 1. The van der Waals surface area contributed by atoms with Gasteiger partial charge in [0.25, 0.3) is 11.6 Å². The van der Waals surface area contributed by atoms with E-state index in [1.807, 2.05) is 18.2 Å². The van der Waals surface area contributed by atoms with Crippen LogP contribution in [0.2, 0.25) is 10.0 Å². The molecule has 4 aromatic carbocycles. The summed E-state index contributed by atoms with van der Waals surface area (Å²) in [5, 5.41) is 19.6. The van der Waals surface area contributed by atoms with Gasteiger partial charge in [-0.1, -0.05) is 65.7 Å². The molecule has 1 aromatic heterocycles. The van der Waals surface area contributed by atoms with Crippen molar-refractivity contribution >= 4 is 75.9 Å². The van der Waals surface area contributed by atoms with Crippen LogP contribution in [0.4, 0.5) is 34.9 Å². The van der Waals surface area contributed by atoms with Crippen molar-refractivity contribution in [3.8, 4) is 0 Å². The predicted octanol–water partition coefficient (Wildman–Crippen LogP) is 7.23. The number of carbonyl (C=O) groups is 1. The average Bonchev–Trinajstić information content (AvgIpc) is 3.32. The molecule has 222 valence electrons. The lowest BCUT2D eigenvalue weighted by molar-refractivity contribution is -0.384. The molecular formula is C31H21Cl2N9O3. The van der Waals surface area contributed by atoms with Crippen LogP contribution in [0.5, 0.6) is 0 Å². The smallest absolute Gasteiger partial charge is 0.297 e. The fourth-order valence-corrected chi connectivity index (χ4v) is 4.66. The standard InChI is InChI=1S/C31H21Cl2N9O3/c32-21-8-4-10-23(17-21)34-29-37-30(35-24-11-5-9-22(33)18-24)39-31(38-29)40-41-27(20-6-2-1-3-7-20)36-26(28(41)43)16-19-12-14-25(15-13-19)42(44)45/h1-18H,(H3,34,35,37,38,39,40). The third kappa shape index (κ3) is 7.04. The van der Waals surface area contributed by atoms with E-state index in [4.69, 9.17) is 23.2 Å². The summed E-state index contributed by atoms with van der Waals surface area (Å²) in [7, 11) is 0. The minimum atomic E-state index is -0.499. The monoisotopic (exact) mass is 637 g/mol. The number of anilines is 5. The van der Waals surface area contributed by atoms with Crippen LogP contribution in [-0.2, 0) is 4.79 Å². The molecule has 0 radical (unpaired) electrons. The number of nitro groups is 1. The van der Waals surface area contributed by atoms with Gasteiger partial charge in [-0.15, -0.1) is 0 Å². The van der Waals surface area contributed by atoms with Gasteiger partial charge in [0.15, 0.2) is 5.84 Å². The number of hydrogen-bond donors (Lipinski definition) is 3. The first kappa shape index (κ1) is 29.2. The lowest BCUT2D eigenvalue weighted by Gasteiger charge is -2.20. The van der Waals surface area contributed by atoms with Gasteiger partial charge in [-0.3, -0.25) is 20.3 Å². The highest BCUT2D eigenvalue weighted by Crippen LogP contribution is 2.26. The number of benzene rings is 4. The van der Waals surface area contributed by atoms with Gasteiger partial charge in [0.2, 0.25) is 17.8 Å². The van der Waals surface area contributed by atoms with E-state index in [9.17, 15) is 14.9 Å². The van der Waals surface area contributed by atoms with Crippen molar-refractivity contribution in [2.45, 2.75) is 0 Å². The third-order valence-electron chi connectivity index (χ3n) is 6.31. The summed E-state index contributed by atoms with van der Waals surface area (Å²) < 4.78 is 0. The molecule has 0 bridgehead atoms. The second kappa shape index (κ2) is 12.8. The number of non-ortho nitro benzene ring substituents is 1. The first-order valence-corrected chi connectivity index (χ1v) is 14.1. The van der Waals surface area contributed by atoms with Crippen molar-refractivity contribution in [1.29, 1.82) is 0 Å². The summed E-state index contributed by atoms with van der Waals surface area (Å²) in [6, 6.07) is 29.0. The maximum atomic E-state index is 13.7. The number of aromatic nitrogens is 3. The molecule has 6 rings (SSSR count). The van der Waals surface area contributed by atoms with E-state index in [1.165, 1.54) is 17.1 Å². The number of hydrogen-bond acceptors (Lipinski definition) is 10. The number of hydrazine groups is 1. The van der Waals surface area contributed by atoms with Crippen molar-refractivity contribution in [2.75, 3.05) is 16.1 Å². The van der Waals surface area contributed by atoms with Crippen molar-refractivity contribution in [3.05, 3.63) is 140 Å². The Hall–Kier alpha value is -5.85. The zero-order valence-corrected chi connectivity index (χ0v) is 24.6. The zero-order chi connectivity index (χ0) is 31.3. The molecule has 0 atom stereocenters. The second-order valence-corrected chi connectivity index (χ2v) is 10.4. The Kier molecular flexibility index (Phi) is 8.31. The minimum absolute atomic E-state index is 0.0209. The van der Waals surface area contributed by atoms with Gasteiger partial charge < -0.3 is 10.6 Å². The maximum absolute atomic E-state index is 13.7. The quantitative estimate of drug-likeness (QED) is 0.0863. The molecule has 1 aliphatic rings. The molecule has 14 heteroatoms. The van der Waals surface area contributed by atoms with E-state index in [2.05, 4.69) is 36.0 Å². The topological polar surface area (TPSA) is 151 Å². The Morgan fingerprint density at radius 1 is 0.733 bits per heavy atom. The van der Waals surface area contributed by atoms with Gasteiger partial charge in [-0.25, -0.2) is 4.99 Å². The number of aliphatic imine (C=N–C) groups is 1. The first-order chi connectivity index (χ1) is 21.8. The largest absolute Gasteiger partial charge is 0.324 e. The van der Waals surface area contributed by atoms with Gasteiger partial charge in [-0.05, 0) is 60.2 Å². The Balaban J connectivity index is 1.36. The number of amides is 1. The van der Waals surface area contributed by atoms with Crippen LogP contribution in [0.25, 0.3) is 6.08 Å². The molecule has 0 unspecified atom stereocenters. The third-order valence-corrected chi connectivity index (χ3v) is 6.78. The molecule has 5 aromatic rings. The molecule has 12 nitrogen and oxygen atoms in total. The molecule has 0 spiro atoms. The number of nitrogens with zero attached hydrogens (tertiary/aromatic N) is 6. The van der Waals surface area contributed by atoms with Gasteiger partial charge in [0, 0.05) is 39.1 Å². The first-order valence-electron chi connectivity index (χ1n) is 13.3. The Bertz CT molecular complexity index is 1900. The van der Waals surface area contributed by atoms with E-state index in [0.717, 1.165) is 0 Å². The molecule has 45 heavy (non-hydrogen) atoms. The summed E-state index contributed by atoms with van der Waals surface area (Å²) in [5.41, 5.74) is 5.48. The summed E-state index contributed by atoms with van der Waals surface area (Å²) in [4.78, 5) is 42.4. The highest BCUT2D eigenvalue weighted by Gasteiger charge is 2.32. The highest BCUT2D eigenvalue weighted by atomic mass is 35.5. The van der Waals surface area contributed by atoms with Crippen molar-refractivity contribution in [2.24, 2.45) is 4.99 Å². The summed E-state index contributed by atoms with van der Waals surface area (Å²) in [6.45, 7) is 0. The molecule has 0 aliphatic carbocycles. The Labute approximate surface area is 266 Å². The van der Waals surface area contributed by atoms with Crippen LogP contribution in [0.3, 0.4) is 0 Å². The maximum Gasteiger partial charge on any atom is 0.297 e. The average molecular weight is 638 g/mol. The van der Waals surface area contributed by atoms with Crippen LogP contribution in [0.1, 0.15) is 11.1 Å². The van der Waals surface area contributed by atoms with Gasteiger partial charge in [0.05, 0.1) is 4.92 Å². The minimum Gasteiger partial charge on any atom is -0.324 e. The second-order valence-electron chi connectivity index (χ2n) is 9.51. The SMILES string of the molecule is O=C1C(=Cc2ccc([N+](=O)[O-])cc2)N=C(c2ccccc2)N1Nc1nc(Nc2cccc(Cl)c2)nc(Nc2cccc(Cl)c2)n1. The van der Waals surface area contributed by atoms with Crippen LogP contribution in [0.15, 0.2) is 114 Å². The summed E-state index contributed by atoms with van der Waals surface area (Å²) >= 11 is 12.3. The number of nitrogens with one attached hydrogen (secondary N) is 3. The van der Waals surface area contributed by atoms with E-state index >= 15 is 0 Å². The van der Waals surface area contributed by atoms with Gasteiger partial charge in [-0.2, -0.15) is 20.0 Å². The van der Waals surface area contributed by atoms with Crippen LogP contribution >= 0.6 is 23.2 Å². The zero-order valence-electron chi connectivity index (χ0n) is 23.1.